The number of phenols is 2. The molecule has 1 aliphatic heterocycles. The van der Waals surface area contributed by atoms with Gasteiger partial charge in [-0.25, -0.2) is 5.01 Å². The molecule has 1 aliphatic rings. The first-order valence-corrected chi connectivity index (χ1v) is 5.41. The van der Waals surface area contributed by atoms with Crippen molar-refractivity contribution in [3.63, 3.8) is 0 Å². The van der Waals surface area contributed by atoms with Crippen molar-refractivity contribution in [3.05, 3.63) is 23.8 Å². The molecule has 0 bridgehead atoms. The molecular weight excluding hydrogens is 254 g/mol. The lowest BCUT2D eigenvalue weighted by Crippen LogP contribution is -2.58. The average Bonchev–Trinajstić information content (AvgIpc) is 2.38. The highest BCUT2D eigenvalue weighted by Gasteiger charge is 2.27. The Morgan fingerprint density at radius 2 is 2.00 bits per heavy atom. The van der Waals surface area contributed by atoms with E-state index in [1.54, 1.807) is 0 Å². The SMILES string of the molecule is O=C1NCCN(NC(=O)c2ccc(O)c(O)c2)C1=O. The minimum Gasteiger partial charge on any atom is -0.504 e. The van der Waals surface area contributed by atoms with E-state index in [4.69, 9.17) is 5.11 Å². The molecule has 2 rings (SSSR count). The summed E-state index contributed by atoms with van der Waals surface area (Å²) < 4.78 is 0. The van der Waals surface area contributed by atoms with E-state index in [2.05, 4.69) is 10.7 Å². The number of hydrogen-bond donors (Lipinski definition) is 4. The maximum Gasteiger partial charge on any atom is 0.330 e. The molecule has 1 saturated heterocycles. The fourth-order valence-corrected chi connectivity index (χ4v) is 1.54. The lowest BCUT2D eigenvalue weighted by atomic mass is 10.2. The first kappa shape index (κ1) is 12.7. The number of nitrogens with one attached hydrogen (secondary N) is 2. The van der Waals surface area contributed by atoms with Gasteiger partial charge in [0.15, 0.2) is 11.5 Å². The van der Waals surface area contributed by atoms with E-state index in [0.717, 1.165) is 17.1 Å². The Labute approximate surface area is 107 Å². The maximum absolute atomic E-state index is 11.8. The van der Waals surface area contributed by atoms with Gasteiger partial charge in [-0.3, -0.25) is 19.8 Å². The highest BCUT2D eigenvalue weighted by Crippen LogP contribution is 2.24. The second-order valence-electron chi connectivity index (χ2n) is 3.86. The van der Waals surface area contributed by atoms with Crippen molar-refractivity contribution < 1.29 is 24.6 Å². The molecule has 100 valence electrons. The van der Waals surface area contributed by atoms with Crippen LogP contribution in [0.4, 0.5) is 0 Å². The summed E-state index contributed by atoms with van der Waals surface area (Å²) in [6, 6.07) is 3.48. The van der Waals surface area contributed by atoms with Gasteiger partial charge in [-0.1, -0.05) is 0 Å². The topological polar surface area (TPSA) is 119 Å². The van der Waals surface area contributed by atoms with E-state index < -0.39 is 23.5 Å². The van der Waals surface area contributed by atoms with Gasteiger partial charge in [-0.2, -0.15) is 0 Å². The third-order valence-electron chi connectivity index (χ3n) is 2.53. The number of carbonyl (C=O) groups is 3. The van der Waals surface area contributed by atoms with E-state index >= 15 is 0 Å². The van der Waals surface area contributed by atoms with E-state index in [0.29, 0.717) is 0 Å². The highest BCUT2D eigenvalue weighted by atomic mass is 16.3. The monoisotopic (exact) mass is 265 g/mol. The highest BCUT2D eigenvalue weighted by molar-refractivity contribution is 6.35. The molecular formula is C11H11N3O5. The van der Waals surface area contributed by atoms with Crippen LogP contribution in [0.1, 0.15) is 10.4 Å². The third kappa shape index (κ3) is 2.57. The minimum absolute atomic E-state index is 0.0501. The Balaban J connectivity index is 2.10. The molecule has 8 heteroatoms. The van der Waals surface area contributed by atoms with Crippen LogP contribution < -0.4 is 10.7 Å². The summed E-state index contributed by atoms with van der Waals surface area (Å²) in [5.41, 5.74) is 2.30. The van der Waals surface area contributed by atoms with Crippen molar-refractivity contribution in [2.24, 2.45) is 0 Å². The summed E-state index contributed by atoms with van der Waals surface area (Å²) in [6.07, 6.45) is 0. The molecule has 1 aromatic rings. The summed E-state index contributed by atoms with van der Waals surface area (Å²) >= 11 is 0. The van der Waals surface area contributed by atoms with Crippen molar-refractivity contribution >= 4 is 17.7 Å². The largest absolute Gasteiger partial charge is 0.504 e. The number of hydrazine groups is 1. The lowest BCUT2D eigenvalue weighted by Gasteiger charge is -2.26. The van der Waals surface area contributed by atoms with E-state index in [9.17, 15) is 19.5 Å². The predicted octanol–water partition coefficient (Wildman–Crippen LogP) is -1.30. The standard InChI is InChI=1S/C11H11N3O5/c15-7-2-1-6(5-8(7)16)9(17)13-14-4-3-12-10(18)11(14)19/h1-2,5,15-16H,3-4H2,(H,12,18)(H,13,17). The van der Waals surface area contributed by atoms with Crippen LogP contribution in [-0.4, -0.2) is 46.0 Å². The molecule has 8 nitrogen and oxygen atoms in total. The van der Waals surface area contributed by atoms with Crippen LogP contribution >= 0.6 is 0 Å². The van der Waals surface area contributed by atoms with Crippen LogP contribution in [0.3, 0.4) is 0 Å². The van der Waals surface area contributed by atoms with Crippen molar-refractivity contribution in [3.8, 4) is 11.5 Å². The minimum atomic E-state index is -0.859. The fraction of sp³-hybridized carbons (Fsp3) is 0.182. The van der Waals surface area contributed by atoms with Crippen molar-refractivity contribution in [2.75, 3.05) is 13.1 Å². The average molecular weight is 265 g/mol. The van der Waals surface area contributed by atoms with Gasteiger partial charge < -0.3 is 15.5 Å². The van der Waals surface area contributed by atoms with Crippen molar-refractivity contribution in [1.82, 2.24) is 15.8 Å². The first-order valence-electron chi connectivity index (χ1n) is 5.41. The van der Waals surface area contributed by atoms with Crippen LogP contribution in [0, 0.1) is 0 Å². The van der Waals surface area contributed by atoms with Gasteiger partial charge in [0.05, 0.1) is 6.54 Å². The summed E-state index contributed by atoms with van der Waals surface area (Å²) in [5.74, 6) is -3.12. The molecule has 0 saturated carbocycles. The molecule has 19 heavy (non-hydrogen) atoms. The smallest absolute Gasteiger partial charge is 0.330 e. The Morgan fingerprint density at radius 1 is 1.26 bits per heavy atom. The quantitative estimate of drug-likeness (QED) is 0.391. The van der Waals surface area contributed by atoms with E-state index in [1.807, 2.05) is 0 Å². The Morgan fingerprint density at radius 3 is 2.68 bits per heavy atom. The Hall–Kier alpha value is -2.77. The van der Waals surface area contributed by atoms with Crippen LogP contribution in [0.5, 0.6) is 11.5 Å². The second kappa shape index (κ2) is 4.84. The molecule has 4 N–H and O–H groups in total. The van der Waals surface area contributed by atoms with Crippen LogP contribution in [0.15, 0.2) is 18.2 Å². The number of piperazine rings is 1. The fourth-order valence-electron chi connectivity index (χ4n) is 1.54. The molecule has 0 unspecified atom stereocenters. The molecule has 0 aliphatic carbocycles. The van der Waals surface area contributed by atoms with Gasteiger partial charge in [0.2, 0.25) is 0 Å². The Bertz CT molecular complexity index is 557. The van der Waals surface area contributed by atoms with Gasteiger partial charge in [0, 0.05) is 12.1 Å². The number of hydrogen-bond acceptors (Lipinski definition) is 5. The number of rotatable bonds is 2. The Kier molecular flexibility index (Phi) is 3.23. The molecule has 1 heterocycles. The number of aromatic hydroxyl groups is 2. The number of amides is 3. The van der Waals surface area contributed by atoms with Gasteiger partial charge in [-0.15, -0.1) is 0 Å². The molecule has 1 fully saturated rings. The first-order chi connectivity index (χ1) is 8.99. The van der Waals surface area contributed by atoms with Crippen LogP contribution in [-0.2, 0) is 9.59 Å². The third-order valence-corrected chi connectivity index (χ3v) is 2.53. The van der Waals surface area contributed by atoms with Gasteiger partial charge in [0.1, 0.15) is 0 Å². The van der Waals surface area contributed by atoms with Gasteiger partial charge in [-0.05, 0) is 18.2 Å². The zero-order valence-corrected chi connectivity index (χ0v) is 9.71. The van der Waals surface area contributed by atoms with E-state index in [1.165, 1.54) is 6.07 Å². The van der Waals surface area contributed by atoms with Crippen molar-refractivity contribution in [1.29, 1.82) is 0 Å². The normalized spacial score (nSPS) is 15.1. The summed E-state index contributed by atoms with van der Waals surface area (Å²) in [6.45, 7) is 0.395. The second-order valence-corrected chi connectivity index (χ2v) is 3.86. The number of carbonyl (C=O) groups excluding carboxylic acids is 3. The molecule has 0 atom stereocenters. The molecule has 3 amide bonds. The zero-order valence-electron chi connectivity index (χ0n) is 9.71. The summed E-state index contributed by atoms with van der Waals surface area (Å²) in [4.78, 5) is 34.3. The predicted molar refractivity (Wildman–Crippen MR) is 62.0 cm³/mol. The van der Waals surface area contributed by atoms with Gasteiger partial charge >= 0.3 is 11.8 Å². The number of benzene rings is 1. The maximum atomic E-state index is 11.8. The number of nitrogens with zero attached hydrogens (tertiary/aromatic N) is 1. The van der Waals surface area contributed by atoms with E-state index in [-0.39, 0.29) is 24.4 Å². The molecule has 0 spiro atoms. The zero-order chi connectivity index (χ0) is 14.0. The lowest BCUT2D eigenvalue weighted by molar-refractivity contribution is -0.149. The molecule has 0 radical (unpaired) electrons. The molecule has 0 aromatic heterocycles. The van der Waals surface area contributed by atoms with Gasteiger partial charge in [0.25, 0.3) is 5.91 Å². The number of phenolic OH excluding ortho intramolecular Hbond substituents is 2. The van der Waals surface area contributed by atoms with Crippen molar-refractivity contribution in [2.45, 2.75) is 0 Å². The van der Waals surface area contributed by atoms with Crippen LogP contribution in [0.2, 0.25) is 0 Å². The van der Waals surface area contributed by atoms with Crippen LogP contribution in [0.25, 0.3) is 0 Å². The summed E-state index contributed by atoms with van der Waals surface area (Å²) in [5, 5.41) is 21.6. The molecule has 1 aromatic carbocycles. The summed E-state index contributed by atoms with van der Waals surface area (Å²) in [7, 11) is 0.